The molecule has 144 valence electrons. The first-order valence-electron chi connectivity index (χ1n) is 9.04. The number of amides is 1. The predicted octanol–water partition coefficient (Wildman–Crippen LogP) is 3.46. The molecule has 1 amide bonds. The second-order valence-electron chi connectivity index (χ2n) is 6.66. The van der Waals surface area contributed by atoms with Gasteiger partial charge < -0.3 is 20.4 Å². The highest BCUT2D eigenvalue weighted by atomic mass is 35.5. The number of hydrogen-bond donors (Lipinski definition) is 2. The number of anilines is 2. The number of nitrogens with two attached hydrogens (primary N) is 1. The van der Waals surface area contributed by atoms with Crippen LogP contribution in [0, 0.1) is 0 Å². The third-order valence-corrected chi connectivity index (χ3v) is 4.93. The van der Waals surface area contributed by atoms with Crippen LogP contribution in [-0.4, -0.2) is 27.0 Å². The van der Waals surface area contributed by atoms with Crippen molar-refractivity contribution in [2.24, 2.45) is 0 Å². The number of fused-ring (bicyclic) bond motifs is 1. The summed E-state index contributed by atoms with van der Waals surface area (Å²) >= 11 is 6.25. The topological polar surface area (TPSA) is 95.1 Å². The number of aryl methyl sites for hydroxylation is 1. The highest BCUT2D eigenvalue weighted by Crippen LogP contribution is 2.41. The van der Waals surface area contributed by atoms with Crippen molar-refractivity contribution >= 4 is 29.1 Å². The second kappa shape index (κ2) is 7.90. The lowest BCUT2D eigenvalue weighted by molar-refractivity contribution is -0.116. The van der Waals surface area contributed by atoms with Gasteiger partial charge in [0.15, 0.2) is 0 Å². The van der Waals surface area contributed by atoms with Crippen molar-refractivity contribution in [3.63, 3.8) is 0 Å². The smallest absolute Gasteiger partial charge is 0.226 e. The van der Waals surface area contributed by atoms with Gasteiger partial charge in [-0.2, -0.15) is 0 Å². The van der Waals surface area contributed by atoms with Gasteiger partial charge in [-0.25, -0.2) is 9.97 Å². The monoisotopic (exact) mass is 397 g/mol. The molecule has 0 saturated carbocycles. The summed E-state index contributed by atoms with van der Waals surface area (Å²) in [5, 5.41) is 3.38. The third kappa shape index (κ3) is 3.94. The number of carbonyl (C=O) groups excluding carboxylic acids is 1. The number of nitrogens with one attached hydrogen (secondary N) is 1. The van der Waals surface area contributed by atoms with Crippen molar-refractivity contribution in [3.8, 4) is 5.75 Å². The van der Waals surface area contributed by atoms with Crippen molar-refractivity contribution in [2.75, 3.05) is 17.7 Å². The van der Waals surface area contributed by atoms with E-state index in [0.29, 0.717) is 29.7 Å². The van der Waals surface area contributed by atoms with Gasteiger partial charge >= 0.3 is 0 Å². The first-order chi connectivity index (χ1) is 13.6. The highest BCUT2D eigenvalue weighted by Gasteiger charge is 2.30. The number of nitrogens with zero attached hydrogens (tertiary/aromatic N) is 3. The van der Waals surface area contributed by atoms with Crippen LogP contribution in [0.5, 0.6) is 5.75 Å². The molecule has 2 aromatic heterocycles. The molecule has 0 aliphatic carbocycles. The van der Waals surface area contributed by atoms with Crippen LogP contribution in [0.1, 0.15) is 29.9 Å². The van der Waals surface area contributed by atoms with Gasteiger partial charge in [0.1, 0.15) is 17.4 Å². The molecule has 1 aliphatic heterocycles. The van der Waals surface area contributed by atoms with Gasteiger partial charge in [0.2, 0.25) is 5.91 Å². The fourth-order valence-electron chi connectivity index (χ4n) is 3.39. The predicted molar refractivity (Wildman–Crippen MR) is 108 cm³/mol. The summed E-state index contributed by atoms with van der Waals surface area (Å²) in [6.07, 6.45) is 6.58. The Morgan fingerprint density at radius 1 is 1.29 bits per heavy atom. The van der Waals surface area contributed by atoms with E-state index in [2.05, 4.69) is 15.3 Å². The summed E-state index contributed by atoms with van der Waals surface area (Å²) in [5.74, 6) is 1.27. The second-order valence-corrected chi connectivity index (χ2v) is 7.10. The van der Waals surface area contributed by atoms with E-state index < -0.39 is 0 Å². The van der Waals surface area contributed by atoms with Gasteiger partial charge in [-0.1, -0.05) is 17.7 Å². The minimum absolute atomic E-state index is 0.110. The standard InChI is InChI=1S/C20H20ClN5O2/c21-13-2-4-17(28-9-1-7-26-8-6-23-12-26)16(10-13)15-11-19(27)25-20-14(15)3-5-18(22)24-20/h2-6,8,10,12,15H,1,7,9,11H2,(H3,22,24,25,27). The molecule has 0 saturated heterocycles. The number of carbonyl (C=O) groups is 1. The molecule has 1 unspecified atom stereocenters. The number of halogens is 1. The molecule has 0 fully saturated rings. The van der Waals surface area contributed by atoms with E-state index in [9.17, 15) is 4.79 Å². The highest BCUT2D eigenvalue weighted by molar-refractivity contribution is 6.30. The summed E-state index contributed by atoms with van der Waals surface area (Å²) in [5.41, 5.74) is 7.55. The molecule has 8 heteroatoms. The number of ether oxygens (including phenoxy) is 1. The third-order valence-electron chi connectivity index (χ3n) is 4.70. The molecule has 1 atom stereocenters. The normalized spacial score (nSPS) is 15.8. The Balaban J connectivity index is 1.57. The Bertz CT molecular complexity index is 990. The maximum Gasteiger partial charge on any atom is 0.226 e. The van der Waals surface area contributed by atoms with Gasteiger partial charge in [-0.05, 0) is 30.7 Å². The molecule has 28 heavy (non-hydrogen) atoms. The summed E-state index contributed by atoms with van der Waals surface area (Å²) < 4.78 is 8.05. The Morgan fingerprint density at radius 3 is 3.00 bits per heavy atom. The van der Waals surface area contributed by atoms with Crippen molar-refractivity contribution in [3.05, 3.63) is 65.2 Å². The van der Waals surface area contributed by atoms with E-state index in [1.54, 1.807) is 24.7 Å². The van der Waals surface area contributed by atoms with Crippen LogP contribution < -0.4 is 15.8 Å². The lowest BCUT2D eigenvalue weighted by Crippen LogP contribution is -2.25. The van der Waals surface area contributed by atoms with Gasteiger partial charge in [0.05, 0.1) is 12.9 Å². The number of pyridine rings is 1. The van der Waals surface area contributed by atoms with Crippen LogP contribution in [0.2, 0.25) is 5.02 Å². The largest absolute Gasteiger partial charge is 0.493 e. The van der Waals surface area contributed by atoms with Gasteiger partial charge in [-0.3, -0.25) is 4.79 Å². The van der Waals surface area contributed by atoms with E-state index >= 15 is 0 Å². The van der Waals surface area contributed by atoms with Crippen LogP contribution in [0.4, 0.5) is 11.6 Å². The summed E-state index contributed by atoms with van der Waals surface area (Å²) in [6.45, 7) is 1.36. The number of imidazole rings is 1. The molecule has 0 spiro atoms. The molecule has 0 bridgehead atoms. The average molecular weight is 398 g/mol. The minimum atomic E-state index is -0.195. The van der Waals surface area contributed by atoms with Gasteiger partial charge in [-0.15, -0.1) is 0 Å². The first kappa shape index (κ1) is 18.3. The molecule has 0 radical (unpaired) electrons. The zero-order valence-electron chi connectivity index (χ0n) is 15.1. The molecule has 4 rings (SSSR count). The number of hydrogen-bond acceptors (Lipinski definition) is 5. The number of aromatic nitrogens is 3. The molecular formula is C20H20ClN5O2. The summed E-state index contributed by atoms with van der Waals surface area (Å²) in [4.78, 5) is 20.5. The molecule has 3 heterocycles. The zero-order chi connectivity index (χ0) is 19.5. The number of nitrogen functional groups attached to an aromatic ring is 1. The average Bonchev–Trinajstić information content (AvgIpc) is 3.18. The maximum atomic E-state index is 12.2. The van der Waals surface area contributed by atoms with E-state index in [4.69, 9.17) is 22.1 Å². The van der Waals surface area contributed by atoms with Gasteiger partial charge in [0.25, 0.3) is 0 Å². The van der Waals surface area contributed by atoms with E-state index in [1.807, 2.05) is 29.0 Å². The number of benzene rings is 1. The van der Waals surface area contributed by atoms with Crippen LogP contribution in [0.3, 0.4) is 0 Å². The van der Waals surface area contributed by atoms with E-state index in [0.717, 1.165) is 29.8 Å². The fourth-order valence-corrected chi connectivity index (χ4v) is 3.57. The van der Waals surface area contributed by atoms with Crippen molar-refractivity contribution in [1.29, 1.82) is 0 Å². The van der Waals surface area contributed by atoms with Crippen molar-refractivity contribution in [1.82, 2.24) is 14.5 Å². The van der Waals surface area contributed by atoms with Gasteiger partial charge in [0, 0.05) is 47.4 Å². The molecular weight excluding hydrogens is 378 g/mol. The number of rotatable bonds is 6. The quantitative estimate of drug-likeness (QED) is 0.621. The fraction of sp³-hybridized carbons (Fsp3) is 0.250. The minimum Gasteiger partial charge on any atom is -0.493 e. The SMILES string of the molecule is Nc1ccc2c(n1)NC(=O)CC2c1cc(Cl)ccc1OCCCn1ccnc1. The summed E-state index contributed by atoms with van der Waals surface area (Å²) in [6, 6.07) is 9.13. The Hall–Kier alpha value is -3.06. The lowest BCUT2D eigenvalue weighted by Gasteiger charge is -2.27. The van der Waals surface area contributed by atoms with E-state index in [1.165, 1.54) is 0 Å². The van der Waals surface area contributed by atoms with E-state index in [-0.39, 0.29) is 11.8 Å². The molecule has 1 aliphatic rings. The first-order valence-corrected chi connectivity index (χ1v) is 9.42. The van der Waals surface area contributed by atoms with Crippen molar-refractivity contribution < 1.29 is 9.53 Å². The van der Waals surface area contributed by atoms with Crippen molar-refractivity contribution in [2.45, 2.75) is 25.3 Å². The molecule has 7 nitrogen and oxygen atoms in total. The zero-order valence-corrected chi connectivity index (χ0v) is 15.9. The van der Waals surface area contributed by atoms with Crippen LogP contribution in [0.15, 0.2) is 49.1 Å². The Kier molecular flexibility index (Phi) is 5.16. The maximum absolute atomic E-state index is 12.2. The van der Waals surface area contributed by atoms with Crippen LogP contribution in [0.25, 0.3) is 0 Å². The van der Waals surface area contributed by atoms with Crippen LogP contribution >= 0.6 is 11.6 Å². The molecule has 3 N–H and O–H groups in total. The summed E-state index contributed by atoms with van der Waals surface area (Å²) in [7, 11) is 0. The van der Waals surface area contributed by atoms with Crippen LogP contribution in [-0.2, 0) is 11.3 Å². The lowest BCUT2D eigenvalue weighted by atomic mass is 9.85. The Morgan fingerprint density at radius 2 is 2.18 bits per heavy atom. The molecule has 1 aromatic carbocycles. The Labute approximate surface area is 167 Å². The molecule has 3 aromatic rings.